The fraction of sp³-hybridized carbons (Fsp3) is 0.333. The van der Waals surface area contributed by atoms with Gasteiger partial charge in [-0.3, -0.25) is 14.3 Å². The zero-order chi connectivity index (χ0) is 20.8. The number of hydrogen-bond acceptors (Lipinski definition) is 5. The second-order valence-electron chi connectivity index (χ2n) is 6.81. The van der Waals surface area contributed by atoms with Gasteiger partial charge in [0.15, 0.2) is 11.0 Å². The Labute approximate surface area is 180 Å². The molecule has 0 spiro atoms. The molecule has 0 aliphatic rings. The summed E-state index contributed by atoms with van der Waals surface area (Å²) >= 11 is 7.72. The maximum absolute atomic E-state index is 12.3. The average molecular weight is 430 g/mol. The van der Waals surface area contributed by atoms with Crippen molar-refractivity contribution in [2.75, 3.05) is 5.75 Å². The predicted molar refractivity (Wildman–Crippen MR) is 118 cm³/mol. The molecule has 0 radical (unpaired) electrons. The van der Waals surface area contributed by atoms with E-state index in [2.05, 4.69) is 27.4 Å². The summed E-state index contributed by atoms with van der Waals surface area (Å²) in [7, 11) is 0. The van der Waals surface area contributed by atoms with Crippen molar-refractivity contribution >= 4 is 29.3 Å². The minimum atomic E-state index is -0.0150. The summed E-state index contributed by atoms with van der Waals surface area (Å²) in [6.07, 6.45) is 5.43. The van der Waals surface area contributed by atoms with Crippen molar-refractivity contribution in [1.82, 2.24) is 25.1 Å². The van der Waals surface area contributed by atoms with E-state index in [9.17, 15) is 4.79 Å². The van der Waals surface area contributed by atoms with Gasteiger partial charge < -0.3 is 5.32 Å². The minimum Gasteiger partial charge on any atom is -0.353 e. The van der Waals surface area contributed by atoms with E-state index in [-0.39, 0.29) is 17.7 Å². The molecule has 29 heavy (non-hydrogen) atoms. The molecule has 0 saturated carbocycles. The first-order chi connectivity index (χ1) is 14.0. The molecule has 0 bridgehead atoms. The molecule has 1 amide bonds. The summed E-state index contributed by atoms with van der Waals surface area (Å²) in [4.78, 5) is 16.4. The molecule has 1 aromatic carbocycles. The monoisotopic (exact) mass is 429 g/mol. The van der Waals surface area contributed by atoms with Gasteiger partial charge in [-0.15, -0.1) is 10.2 Å². The predicted octanol–water partition coefficient (Wildman–Crippen LogP) is 4.69. The molecular weight excluding hydrogens is 406 g/mol. The highest BCUT2D eigenvalue weighted by molar-refractivity contribution is 7.99. The van der Waals surface area contributed by atoms with Crippen LogP contribution in [0.1, 0.15) is 32.3 Å². The summed E-state index contributed by atoms with van der Waals surface area (Å²) in [6, 6.07) is 9.65. The second-order valence-corrected chi connectivity index (χ2v) is 8.16. The highest BCUT2D eigenvalue weighted by Gasteiger charge is 2.19. The third kappa shape index (κ3) is 5.16. The number of nitrogens with zero attached hydrogens (tertiary/aromatic N) is 4. The first-order valence-corrected chi connectivity index (χ1v) is 10.9. The van der Waals surface area contributed by atoms with Gasteiger partial charge in [-0.1, -0.05) is 42.8 Å². The van der Waals surface area contributed by atoms with Crippen LogP contribution in [0, 0.1) is 6.92 Å². The summed E-state index contributed by atoms with van der Waals surface area (Å²) < 4.78 is 1.95. The molecule has 6 nitrogen and oxygen atoms in total. The van der Waals surface area contributed by atoms with Crippen molar-refractivity contribution in [3.05, 3.63) is 53.3 Å². The van der Waals surface area contributed by atoms with E-state index in [4.69, 9.17) is 11.6 Å². The van der Waals surface area contributed by atoms with Crippen molar-refractivity contribution in [3.8, 4) is 17.1 Å². The quantitative estimate of drug-likeness (QED) is 0.526. The number of halogens is 1. The SMILES string of the molecule is CCCC(C)NC(=O)CSc1nnc(-c2ccncc2)n1-c1cccc(Cl)c1C. The molecule has 1 atom stereocenters. The lowest BCUT2D eigenvalue weighted by atomic mass is 10.2. The highest BCUT2D eigenvalue weighted by atomic mass is 35.5. The smallest absolute Gasteiger partial charge is 0.230 e. The number of nitrogens with one attached hydrogen (secondary N) is 1. The van der Waals surface area contributed by atoms with Gasteiger partial charge in [-0.05, 0) is 50.1 Å². The van der Waals surface area contributed by atoms with Gasteiger partial charge in [0.05, 0.1) is 11.4 Å². The van der Waals surface area contributed by atoms with Gasteiger partial charge in [-0.2, -0.15) is 0 Å². The van der Waals surface area contributed by atoms with Crippen LogP contribution in [-0.2, 0) is 4.79 Å². The number of pyridine rings is 1. The van der Waals surface area contributed by atoms with Gasteiger partial charge in [0.2, 0.25) is 5.91 Å². The lowest BCUT2D eigenvalue weighted by Crippen LogP contribution is -2.33. The van der Waals surface area contributed by atoms with Crippen LogP contribution < -0.4 is 5.32 Å². The van der Waals surface area contributed by atoms with Gasteiger partial charge >= 0.3 is 0 Å². The summed E-state index contributed by atoms with van der Waals surface area (Å²) in [5, 5.41) is 13.1. The van der Waals surface area contributed by atoms with Crippen LogP contribution in [0.5, 0.6) is 0 Å². The van der Waals surface area contributed by atoms with Gasteiger partial charge in [-0.25, -0.2) is 0 Å². The molecule has 2 heterocycles. The number of rotatable bonds is 8. The van der Waals surface area contributed by atoms with Crippen molar-refractivity contribution in [3.63, 3.8) is 0 Å². The van der Waals surface area contributed by atoms with E-state index in [1.807, 2.05) is 48.7 Å². The molecule has 1 unspecified atom stereocenters. The van der Waals surface area contributed by atoms with Crippen LogP contribution in [-0.4, -0.2) is 37.5 Å². The normalized spacial score (nSPS) is 12.0. The molecule has 3 aromatic rings. The Balaban J connectivity index is 1.93. The second kappa shape index (κ2) is 9.89. The number of benzene rings is 1. The van der Waals surface area contributed by atoms with Crippen LogP contribution in [0.3, 0.4) is 0 Å². The van der Waals surface area contributed by atoms with Gasteiger partial charge in [0, 0.05) is 29.0 Å². The van der Waals surface area contributed by atoms with E-state index in [1.165, 1.54) is 11.8 Å². The van der Waals surface area contributed by atoms with Crippen molar-refractivity contribution in [2.45, 2.75) is 44.8 Å². The third-order valence-corrected chi connectivity index (χ3v) is 5.85. The number of amides is 1. The summed E-state index contributed by atoms with van der Waals surface area (Å²) in [5.74, 6) is 0.932. The van der Waals surface area contributed by atoms with Crippen LogP contribution in [0.25, 0.3) is 17.1 Å². The fourth-order valence-electron chi connectivity index (χ4n) is 3.06. The number of hydrogen-bond donors (Lipinski definition) is 1. The topological polar surface area (TPSA) is 72.7 Å². The molecular formula is C21H24ClN5OS. The Morgan fingerprint density at radius 1 is 1.24 bits per heavy atom. The molecule has 0 saturated heterocycles. The molecule has 2 aromatic heterocycles. The first kappa shape index (κ1) is 21.3. The number of aromatic nitrogens is 4. The van der Waals surface area contributed by atoms with Crippen LogP contribution >= 0.6 is 23.4 Å². The van der Waals surface area contributed by atoms with Gasteiger partial charge in [0.1, 0.15) is 0 Å². The van der Waals surface area contributed by atoms with E-state index < -0.39 is 0 Å². The van der Waals surface area contributed by atoms with Crippen LogP contribution in [0.15, 0.2) is 47.9 Å². The maximum Gasteiger partial charge on any atom is 0.230 e. The molecule has 0 aliphatic heterocycles. The van der Waals surface area contributed by atoms with Crippen LogP contribution in [0.4, 0.5) is 0 Å². The highest BCUT2D eigenvalue weighted by Crippen LogP contribution is 2.31. The fourth-order valence-corrected chi connectivity index (χ4v) is 3.98. The molecule has 3 rings (SSSR count). The Bertz CT molecular complexity index is 976. The lowest BCUT2D eigenvalue weighted by Gasteiger charge is -2.15. The van der Waals surface area contributed by atoms with E-state index in [0.29, 0.717) is 16.0 Å². The van der Waals surface area contributed by atoms with Crippen molar-refractivity contribution in [2.24, 2.45) is 0 Å². The molecule has 0 fully saturated rings. The number of carbonyl (C=O) groups excluding carboxylic acids is 1. The standard InChI is InChI=1S/C21H24ClN5OS/c1-4-6-14(2)24-19(28)13-29-21-26-25-20(16-9-11-23-12-10-16)27(21)18-8-5-7-17(22)15(18)3/h5,7-12,14H,4,6,13H2,1-3H3,(H,24,28). The molecule has 8 heteroatoms. The average Bonchev–Trinajstić information content (AvgIpc) is 3.13. The summed E-state index contributed by atoms with van der Waals surface area (Å²) in [6.45, 7) is 6.08. The minimum absolute atomic E-state index is 0.0150. The molecule has 0 aliphatic carbocycles. The van der Waals surface area contributed by atoms with Gasteiger partial charge in [0.25, 0.3) is 0 Å². The lowest BCUT2D eigenvalue weighted by molar-refractivity contribution is -0.119. The molecule has 1 N–H and O–H groups in total. The summed E-state index contributed by atoms with van der Waals surface area (Å²) in [5.41, 5.74) is 2.70. The molecule has 152 valence electrons. The van der Waals surface area contributed by atoms with E-state index in [1.54, 1.807) is 12.4 Å². The van der Waals surface area contributed by atoms with E-state index in [0.717, 1.165) is 29.7 Å². The number of carbonyl (C=O) groups is 1. The number of thioether (sulfide) groups is 1. The Kier molecular flexibility index (Phi) is 7.28. The third-order valence-electron chi connectivity index (χ3n) is 4.51. The van der Waals surface area contributed by atoms with E-state index >= 15 is 0 Å². The van der Waals surface area contributed by atoms with Crippen molar-refractivity contribution < 1.29 is 4.79 Å². The zero-order valence-corrected chi connectivity index (χ0v) is 18.3. The van der Waals surface area contributed by atoms with Crippen LogP contribution in [0.2, 0.25) is 5.02 Å². The Morgan fingerprint density at radius 2 is 2.00 bits per heavy atom. The maximum atomic E-state index is 12.3. The van der Waals surface area contributed by atoms with Crippen molar-refractivity contribution in [1.29, 1.82) is 0 Å². The Morgan fingerprint density at radius 3 is 2.72 bits per heavy atom. The Hall–Kier alpha value is -2.38. The largest absolute Gasteiger partial charge is 0.353 e. The first-order valence-electron chi connectivity index (χ1n) is 9.54. The zero-order valence-electron chi connectivity index (χ0n) is 16.7.